The molecule has 108 valence electrons. The van der Waals surface area contributed by atoms with Crippen molar-refractivity contribution in [2.75, 3.05) is 5.73 Å². The number of hydrogen-bond donors (Lipinski definition) is 1. The zero-order valence-corrected chi connectivity index (χ0v) is 13.5. The van der Waals surface area contributed by atoms with Gasteiger partial charge < -0.3 is 5.73 Å². The first-order valence-corrected chi connectivity index (χ1v) is 8.01. The van der Waals surface area contributed by atoms with Crippen LogP contribution in [0.25, 0.3) is 0 Å². The normalized spacial score (nSPS) is 11.0. The molecule has 0 spiro atoms. The van der Waals surface area contributed by atoms with Gasteiger partial charge in [-0.25, -0.2) is 0 Å². The van der Waals surface area contributed by atoms with Gasteiger partial charge in [0.15, 0.2) is 0 Å². The Morgan fingerprint density at radius 1 is 1.20 bits per heavy atom. The number of aryl methyl sites for hydroxylation is 4. The van der Waals surface area contributed by atoms with Crippen molar-refractivity contribution in [3.63, 3.8) is 0 Å². The van der Waals surface area contributed by atoms with Gasteiger partial charge in [0.2, 0.25) is 0 Å². The number of thioether (sulfide) groups is 1. The molecule has 1 aromatic carbocycles. The van der Waals surface area contributed by atoms with Crippen molar-refractivity contribution in [1.29, 1.82) is 0 Å². The Morgan fingerprint density at radius 2 is 1.85 bits per heavy atom. The maximum absolute atomic E-state index is 6.21. The summed E-state index contributed by atoms with van der Waals surface area (Å²) in [6.07, 6.45) is 2.02. The third-order valence-electron chi connectivity index (χ3n) is 3.25. The molecule has 0 radical (unpaired) electrons. The van der Waals surface area contributed by atoms with E-state index in [-0.39, 0.29) is 0 Å². The van der Waals surface area contributed by atoms with Crippen molar-refractivity contribution in [3.8, 4) is 0 Å². The van der Waals surface area contributed by atoms with Crippen LogP contribution in [0.3, 0.4) is 0 Å². The predicted molar refractivity (Wildman–Crippen MR) is 87.1 cm³/mol. The zero-order chi connectivity index (χ0) is 14.7. The lowest BCUT2D eigenvalue weighted by Gasteiger charge is -2.06. The predicted octanol–water partition coefficient (Wildman–Crippen LogP) is 3.86. The fourth-order valence-electron chi connectivity index (χ4n) is 2.47. The Balaban J connectivity index is 2.14. The van der Waals surface area contributed by atoms with Gasteiger partial charge in [0.25, 0.3) is 0 Å². The van der Waals surface area contributed by atoms with E-state index in [4.69, 9.17) is 5.73 Å². The molecule has 2 rings (SSSR count). The Kier molecular flexibility index (Phi) is 4.76. The average molecular weight is 289 g/mol. The second-order valence-corrected chi connectivity index (χ2v) is 6.29. The van der Waals surface area contributed by atoms with E-state index >= 15 is 0 Å². The Morgan fingerprint density at radius 3 is 2.45 bits per heavy atom. The summed E-state index contributed by atoms with van der Waals surface area (Å²) in [4.78, 5) is 0. The molecule has 0 amide bonds. The molecular weight excluding hydrogens is 266 g/mol. The number of rotatable bonds is 5. The molecule has 0 unspecified atom stereocenters. The van der Waals surface area contributed by atoms with Gasteiger partial charge in [0.1, 0.15) is 5.03 Å². The molecule has 1 heterocycles. The van der Waals surface area contributed by atoms with E-state index < -0.39 is 0 Å². The number of nitrogens with zero attached hydrogens (tertiary/aromatic N) is 2. The molecular formula is C16H23N3S. The van der Waals surface area contributed by atoms with E-state index in [1.165, 1.54) is 16.7 Å². The number of nitrogen functional groups attached to an aromatic ring is 1. The second kappa shape index (κ2) is 6.35. The van der Waals surface area contributed by atoms with Crippen LogP contribution < -0.4 is 5.73 Å². The van der Waals surface area contributed by atoms with E-state index in [1.54, 1.807) is 11.8 Å². The van der Waals surface area contributed by atoms with Gasteiger partial charge in [0.05, 0.1) is 11.4 Å². The molecule has 0 bridgehead atoms. The topological polar surface area (TPSA) is 43.8 Å². The van der Waals surface area contributed by atoms with Crippen LogP contribution >= 0.6 is 11.8 Å². The molecule has 4 heteroatoms. The molecule has 0 saturated carbocycles. The quantitative estimate of drug-likeness (QED) is 0.850. The van der Waals surface area contributed by atoms with Crippen molar-refractivity contribution in [3.05, 3.63) is 40.6 Å². The lowest BCUT2D eigenvalue weighted by molar-refractivity contribution is 0.681. The largest absolute Gasteiger partial charge is 0.395 e. The maximum atomic E-state index is 6.21. The first-order valence-electron chi connectivity index (χ1n) is 7.02. The number of hydrogen-bond acceptors (Lipinski definition) is 3. The smallest absolute Gasteiger partial charge is 0.117 e. The van der Waals surface area contributed by atoms with Gasteiger partial charge in [-0.15, -0.1) is 0 Å². The molecule has 0 aliphatic rings. The molecule has 0 fully saturated rings. The van der Waals surface area contributed by atoms with E-state index in [1.807, 2.05) is 11.7 Å². The highest BCUT2D eigenvalue weighted by molar-refractivity contribution is 7.98. The lowest BCUT2D eigenvalue weighted by atomic mass is 10.1. The zero-order valence-electron chi connectivity index (χ0n) is 12.7. The van der Waals surface area contributed by atoms with Gasteiger partial charge in [0, 0.05) is 12.8 Å². The molecule has 2 aromatic rings. The Hall–Kier alpha value is -1.42. The molecule has 0 atom stereocenters. The third kappa shape index (κ3) is 3.37. The van der Waals surface area contributed by atoms with Crippen molar-refractivity contribution < 1.29 is 0 Å². The van der Waals surface area contributed by atoms with Gasteiger partial charge in [-0.3, -0.25) is 4.68 Å². The minimum absolute atomic E-state index is 0.851. The van der Waals surface area contributed by atoms with Crippen molar-refractivity contribution in [2.45, 2.75) is 44.4 Å². The van der Waals surface area contributed by atoms with Crippen LogP contribution in [0.5, 0.6) is 0 Å². The van der Waals surface area contributed by atoms with E-state index in [2.05, 4.69) is 44.1 Å². The van der Waals surface area contributed by atoms with Crippen LogP contribution in [0.2, 0.25) is 0 Å². The van der Waals surface area contributed by atoms with Crippen LogP contribution in [0.4, 0.5) is 5.69 Å². The molecule has 3 nitrogen and oxygen atoms in total. The molecule has 0 aliphatic carbocycles. The lowest BCUT2D eigenvalue weighted by Crippen LogP contribution is -1.95. The van der Waals surface area contributed by atoms with Gasteiger partial charge >= 0.3 is 0 Å². The van der Waals surface area contributed by atoms with Gasteiger partial charge in [-0.05, 0) is 25.8 Å². The summed E-state index contributed by atoms with van der Waals surface area (Å²) in [6, 6.07) is 6.67. The summed E-state index contributed by atoms with van der Waals surface area (Å²) in [5.41, 5.74) is 12.0. The average Bonchev–Trinajstić information content (AvgIpc) is 2.62. The fourth-order valence-corrected chi connectivity index (χ4v) is 3.45. The van der Waals surface area contributed by atoms with Crippen LogP contribution in [0.1, 0.15) is 35.7 Å². The van der Waals surface area contributed by atoms with Gasteiger partial charge in [-0.2, -0.15) is 5.10 Å². The van der Waals surface area contributed by atoms with Crippen LogP contribution in [0.15, 0.2) is 23.2 Å². The standard InChI is InChI=1S/C16H23N3S/c1-5-6-14-15(17)16(19(4)18-14)20-10-13-8-11(2)7-12(3)9-13/h7-9H,5-6,10,17H2,1-4H3. The van der Waals surface area contributed by atoms with E-state index in [0.29, 0.717) is 0 Å². The summed E-state index contributed by atoms with van der Waals surface area (Å²) in [6.45, 7) is 6.42. The number of anilines is 1. The summed E-state index contributed by atoms with van der Waals surface area (Å²) < 4.78 is 1.91. The highest BCUT2D eigenvalue weighted by Crippen LogP contribution is 2.31. The van der Waals surface area contributed by atoms with Crippen LogP contribution in [0, 0.1) is 13.8 Å². The van der Waals surface area contributed by atoms with E-state index in [9.17, 15) is 0 Å². The Labute approximate surface area is 125 Å². The highest BCUT2D eigenvalue weighted by atomic mass is 32.2. The summed E-state index contributed by atoms with van der Waals surface area (Å²) >= 11 is 1.77. The van der Waals surface area contributed by atoms with Gasteiger partial charge in [-0.1, -0.05) is 54.4 Å². The number of nitrogens with two attached hydrogens (primary N) is 1. The Bertz CT molecular complexity index is 582. The molecule has 1 aromatic heterocycles. The molecule has 0 aliphatic heterocycles. The third-order valence-corrected chi connectivity index (χ3v) is 4.49. The second-order valence-electron chi connectivity index (χ2n) is 5.32. The molecule has 2 N–H and O–H groups in total. The summed E-state index contributed by atoms with van der Waals surface area (Å²) in [7, 11) is 1.97. The minimum Gasteiger partial charge on any atom is -0.395 e. The van der Waals surface area contributed by atoms with Crippen molar-refractivity contribution in [1.82, 2.24) is 9.78 Å². The molecule has 0 saturated heterocycles. The molecule has 20 heavy (non-hydrogen) atoms. The summed E-state index contributed by atoms with van der Waals surface area (Å²) in [5, 5.41) is 5.59. The SMILES string of the molecule is CCCc1nn(C)c(SCc2cc(C)cc(C)c2)c1N. The minimum atomic E-state index is 0.851. The monoisotopic (exact) mass is 289 g/mol. The fraction of sp³-hybridized carbons (Fsp3) is 0.438. The first kappa shape index (κ1) is 15.0. The first-order chi connectivity index (χ1) is 9.51. The highest BCUT2D eigenvalue weighted by Gasteiger charge is 2.13. The summed E-state index contributed by atoms with van der Waals surface area (Å²) in [5.74, 6) is 0.928. The van der Waals surface area contributed by atoms with Crippen LogP contribution in [-0.4, -0.2) is 9.78 Å². The maximum Gasteiger partial charge on any atom is 0.117 e. The van der Waals surface area contributed by atoms with Crippen molar-refractivity contribution in [2.24, 2.45) is 7.05 Å². The number of aromatic nitrogens is 2. The number of benzene rings is 1. The van der Waals surface area contributed by atoms with Crippen molar-refractivity contribution >= 4 is 17.4 Å². The van der Waals surface area contributed by atoms with E-state index in [0.717, 1.165) is 35.0 Å². The van der Waals surface area contributed by atoms with Crippen LogP contribution in [-0.2, 0) is 19.2 Å².